The Labute approximate surface area is 112 Å². The first-order valence-corrected chi connectivity index (χ1v) is 6.61. The van der Waals surface area contributed by atoms with Gasteiger partial charge in [-0.15, -0.1) is 0 Å². The van der Waals surface area contributed by atoms with Crippen molar-refractivity contribution in [2.24, 2.45) is 0 Å². The van der Waals surface area contributed by atoms with Crippen LogP contribution in [-0.2, 0) is 9.53 Å². The summed E-state index contributed by atoms with van der Waals surface area (Å²) in [6, 6.07) is 2.88. The second-order valence-corrected chi connectivity index (χ2v) is 4.50. The maximum Gasteiger partial charge on any atom is 0.328 e. The number of carbonyl (C=O) groups is 2. The van der Waals surface area contributed by atoms with Gasteiger partial charge in [-0.05, 0) is 38.3 Å². The third-order valence-corrected chi connectivity index (χ3v) is 3.25. The van der Waals surface area contributed by atoms with Gasteiger partial charge in [0.1, 0.15) is 6.04 Å². The van der Waals surface area contributed by atoms with E-state index in [4.69, 9.17) is 4.74 Å². The van der Waals surface area contributed by atoms with Crippen molar-refractivity contribution in [2.45, 2.75) is 32.2 Å². The largest absolute Gasteiger partial charge is 0.464 e. The molecule has 0 N–H and O–H groups in total. The van der Waals surface area contributed by atoms with Crippen LogP contribution >= 0.6 is 0 Å². The monoisotopic (exact) mass is 262 g/mol. The molecular weight excluding hydrogens is 244 g/mol. The first-order valence-electron chi connectivity index (χ1n) is 6.61. The lowest BCUT2D eigenvalue weighted by Gasteiger charge is -2.34. The molecule has 1 aromatic rings. The van der Waals surface area contributed by atoms with E-state index < -0.39 is 6.04 Å². The Morgan fingerprint density at radius 2 is 2.11 bits per heavy atom. The molecule has 1 aromatic heterocycles. The molecule has 1 unspecified atom stereocenters. The molecule has 5 heteroatoms. The average molecular weight is 262 g/mol. The van der Waals surface area contributed by atoms with E-state index in [0.717, 1.165) is 12.8 Å². The fourth-order valence-corrected chi connectivity index (χ4v) is 2.32. The van der Waals surface area contributed by atoms with Crippen LogP contribution in [0.1, 0.15) is 36.5 Å². The lowest BCUT2D eigenvalue weighted by atomic mass is 10.0. The Morgan fingerprint density at radius 3 is 2.79 bits per heavy atom. The minimum absolute atomic E-state index is 0.125. The van der Waals surface area contributed by atoms with Gasteiger partial charge < -0.3 is 9.64 Å². The predicted molar refractivity (Wildman–Crippen MR) is 69.5 cm³/mol. The topological polar surface area (TPSA) is 59.5 Å². The van der Waals surface area contributed by atoms with Crippen LogP contribution in [0.5, 0.6) is 0 Å². The summed E-state index contributed by atoms with van der Waals surface area (Å²) in [5.74, 6) is -0.426. The highest BCUT2D eigenvalue weighted by molar-refractivity contribution is 5.96. The number of aromatic nitrogens is 1. The summed E-state index contributed by atoms with van der Waals surface area (Å²) < 4.78 is 5.05. The molecule has 2 heterocycles. The summed E-state index contributed by atoms with van der Waals surface area (Å²) in [6.07, 6.45) is 5.71. The molecule has 1 amide bonds. The van der Waals surface area contributed by atoms with Crippen LogP contribution in [0.2, 0.25) is 0 Å². The smallest absolute Gasteiger partial charge is 0.328 e. The summed E-state index contributed by atoms with van der Waals surface area (Å²) in [5.41, 5.74) is 0.561. The third kappa shape index (κ3) is 3.10. The minimum Gasteiger partial charge on any atom is -0.464 e. The number of likely N-dealkylation sites (tertiary alicyclic amines) is 1. The van der Waals surface area contributed by atoms with Gasteiger partial charge in [0.2, 0.25) is 0 Å². The van der Waals surface area contributed by atoms with E-state index in [1.165, 1.54) is 0 Å². The first-order chi connectivity index (χ1) is 9.24. The number of hydrogen-bond acceptors (Lipinski definition) is 4. The number of piperidine rings is 1. The van der Waals surface area contributed by atoms with Crippen molar-refractivity contribution in [3.63, 3.8) is 0 Å². The molecule has 102 valence electrons. The minimum atomic E-state index is -0.450. The zero-order chi connectivity index (χ0) is 13.7. The van der Waals surface area contributed by atoms with E-state index in [1.54, 1.807) is 36.4 Å². The normalized spacial score (nSPS) is 19.0. The summed E-state index contributed by atoms with van der Waals surface area (Å²) in [4.78, 5) is 29.8. The number of pyridine rings is 1. The molecule has 0 saturated carbocycles. The number of amides is 1. The van der Waals surface area contributed by atoms with Crippen LogP contribution in [0, 0.1) is 0 Å². The fourth-order valence-electron chi connectivity index (χ4n) is 2.32. The number of esters is 1. The van der Waals surface area contributed by atoms with Crippen LogP contribution < -0.4 is 0 Å². The third-order valence-electron chi connectivity index (χ3n) is 3.25. The highest BCUT2D eigenvalue weighted by atomic mass is 16.5. The molecule has 19 heavy (non-hydrogen) atoms. The van der Waals surface area contributed by atoms with E-state index in [9.17, 15) is 9.59 Å². The van der Waals surface area contributed by atoms with Gasteiger partial charge in [-0.2, -0.15) is 0 Å². The van der Waals surface area contributed by atoms with Gasteiger partial charge in [-0.1, -0.05) is 0 Å². The molecule has 2 rings (SSSR count). The number of nitrogens with zero attached hydrogens (tertiary/aromatic N) is 2. The Balaban J connectivity index is 2.15. The van der Waals surface area contributed by atoms with Gasteiger partial charge in [0.05, 0.1) is 6.61 Å². The average Bonchev–Trinajstić information content (AvgIpc) is 2.47. The molecule has 0 bridgehead atoms. The molecule has 1 atom stereocenters. The Kier molecular flexibility index (Phi) is 4.49. The SMILES string of the molecule is CCOC(=O)C1CCCCN1C(=O)c1ccncc1. The summed E-state index contributed by atoms with van der Waals surface area (Å²) in [7, 11) is 0. The van der Waals surface area contributed by atoms with Gasteiger partial charge in [0, 0.05) is 24.5 Å². The molecule has 0 aromatic carbocycles. The molecule has 0 spiro atoms. The van der Waals surface area contributed by atoms with E-state index >= 15 is 0 Å². The van der Waals surface area contributed by atoms with Crippen molar-refractivity contribution in [1.29, 1.82) is 0 Å². The number of ether oxygens (including phenoxy) is 1. The van der Waals surface area contributed by atoms with Crippen LogP contribution in [0.25, 0.3) is 0 Å². The lowest BCUT2D eigenvalue weighted by molar-refractivity contribution is -0.149. The molecule has 1 saturated heterocycles. The number of hydrogen-bond donors (Lipinski definition) is 0. The maximum absolute atomic E-state index is 12.4. The second-order valence-electron chi connectivity index (χ2n) is 4.50. The fraction of sp³-hybridized carbons (Fsp3) is 0.500. The zero-order valence-corrected chi connectivity index (χ0v) is 11.0. The van der Waals surface area contributed by atoms with Gasteiger partial charge in [-0.25, -0.2) is 4.79 Å². The molecule has 1 aliphatic heterocycles. The molecule has 5 nitrogen and oxygen atoms in total. The van der Waals surface area contributed by atoms with Crippen LogP contribution in [0.4, 0.5) is 0 Å². The second kappa shape index (κ2) is 6.31. The van der Waals surface area contributed by atoms with Crippen LogP contribution in [-0.4, -0.2) is 41.0 Å². The van der Waals surface area contributed by atoms with Crippen molar-refractivity contribution in [3.8, 4) is 0 Å². The summed E-state index contributed by atoms with van der Waals surface area (Å²) in [6.45, 7) is 2.72. The molecule has 0 radical (unpaired) electrons. The van der Waals surface area contributed by atoms with Crippen LogP contribution in [0.15, 0.2) is 24.5 Å². The summed E-state index contributed by atoms with van der Waals surface area (Å²) >= 11 is 0. The first kappa shape index (κ1) is 13.5. The van der Waals surface area contributed by atoms with E-state index in [1.807, 2.05) is 0 Å². The zero-order valence-electron chi connectivity index (χ0n) is 11.0. The van der Waals surface area contributed by atoms with E-state index in [0.29, 0.717) is 25.1 Å². The maximum atomic E-state index is 12.4. The van der Waals surface area contributed by atoms with Crippen molar-refractivity contribution in [1.82, 2.24) is 9.88 Å². The van der Waals surface area contributed by atoms with Gasteiger partial charge >= 0.3 is 5.97 Å². The molecule has 1 fully saturated rings. The van der Waals surface area contributed by atoms with Crippen LogP contribution in [0.3, 0.4) is 0 Å². The van der Waals surface area contributed by atoms with Crippen molar-refractivity contribution in [3.05, 3.63) is 30.1 Å². The number of rotatable bonds is 3. The molecule has 1 aliphatic rings. The lowest BCUT2D eigenvalue weighted by Crippen LogP contribution is -2.48. The van der Waals surface area contributed by atoms with Crippen molar-refractivity contribution < 1.29 is 14.3 Å². The quantitative estimate of drug-likeness (QED) is 0.777. The Morgan fingerprint density at radius 1 is 1.37 bits per heavy atom. The van der Waals surface area contributed by atoms with Crippen molar-refractivity contribution in [2.75, 3.05) is 13.2 Å². The van der Waals surface area contributed by atoms with Gasteiger partial charge in [0.15, 0.2) is 0 Å². The highest BCUT2D eigenvalue weighted by Gasteiger charge is 2.33. The number of carbonyl (C=O) groups excluding carboxylic acids is 2. The molecule has 0 aliphatic carbocycles. The predicted octanol–water partition coefficient (Wildman–Crippen LogP) is 1.64. The van der Waals surface area contributed by atoms with E-state index in [2.05, 4.69) is 4.98 Å². The van der Waals surface area contributed by atoms with Gasteiger partial charge in [-0.3, -0.25) is 9.78 Å². The summed E-state index contributed by atoms with van der Waals surface area (Å²) in [5, 5.41) is 0. The standard InChI is InChI=1S/C14H18N2O3/c1-2-19-14(18)12-5-3-4-10-16(12)13(17)11-6-8-15-9-7-11/h6-9,12H,2-5,10H2,1H3. The van der Waals surface area contributed by atoms with Crippen molar-refractivity contribution >= 4 is 11.9 Å². The molecular formula is C14H18N2O3. The Bertz CT molecular complexity index is 447. The van der Waals surface area contributed by atoms with Gasteiger partial charge in [0.25, 0.3) is 5.91 Å². The highest BCUT2D eigenvalue weighted by Crippen LogP contribution is 2.20. The Hall–Kier alpha value is -1.91. The van der Waals surface area contributed by atoms with E-state index in [-0.39, 0.29) is 11.9 Å².